The maximum Gasteiger partial charge on any atom is 0.324 e. The van der Waals surface area contributed by atoms with Gasteiger partial charge in [-0.1, -0.05) is 13.8 Å². The lowest BCUT2D eigenvalue weighted by atomic mass is 9.98. The minimum atomic E-state index is -0.708. The molecule has 0 radical (unpaired) electrons. The monoisotopic (exact) mass is 160 g/mol. The summed E-state index contributed by atoms with van der Waals surface area (Å²) in [5.74, 6) is -0.268. The zero-order valence-corrected chi connectivity index (χ0v) is 7.20. The van der Waals surface area contributed by atoms with Gasteiger partial charge in [-0.05, 0) is 5.92 Å². The molecule has 0 aromatic heterocycles. The number of rotatable bonds is 3. The third-order valence-electron chi connectivity index (χ3n) is 1.66. The molecule has 0 saturated carbocycles. The molecule has 0 aromatic rings. The third kappa shape index (κ3) is 2.86. The zero-order chi connectivity index (χ0) is 9.02. The molecule has 0 bridgehead atoms. The highest BCUT2D eigenvalue weighted by Crippen LogP contribution is 2.02. The van der Waals surface area contributed by atoms with E-state index < -0.39 is 12.0 Å². The molecule has 0 aliphatic carbocycles. The molecule has 4 nitrogen and oxygen atoms in total. The SMILES string of the molecule is COC(=O)[C@@H](N)[C@@H](N)C(C)C. The molecule has 0 unspecified atom stereocenters. The molecule has 4 heteroatoms. The highest BCUT2D eigenvalue weighted by Gasteiger charge is 2.23. The van der Waals surface area contributed by atoms with E-state index in [1.54, 1.807) is 0 Å². The van der Waals surface area contributed by atoms with Crippen LogP contribution in [0.1, 0.15) is 13.8 Å². The number of carbonyl (C=O) groups is 1. The van der Waals surface area contributed by atoms with Crippen molar-refractivity contribution in [3.05, 3.63) is 0 Å². The summed E-state index contributed by atoms with van der Waals surface area (Å²) in [5.41, 5.74) is 11.1. The lowest BCUT2D eigenvalue weighted by molar-refractivity contribution is -0.142. The Hall–Kier alpha value is -0.610. The standard InChI is InChI=1S/C7H16N2O2/c1-4(2)5(8)6(9)7(10)11-3/h4-6H,8-9H2,1-3H3/t5-,6-/m0/s1. The summed E-state index contributed by atoms with van der Waals surface area (Å²) in [6, 6.07) is -1.04. The summed E-state index contributed by atoms with van der Waals surface area (Å²) in [7, 11) is 1.30. The molecule has 0 spiro atoms. The molecular weight excluding hydrogens is 144 g/mol. The van der Waals surface area contributed by atoms with E-state index in [-0.39, 0.29) is 12.0 Å². The highest BCUT2D eigenvalue weighted by molar-refractivity contribution is 5.76. The average molecular weight is 160 g/mol. The molecule has 0 rings (SSSR count). The van der Waals surface area contributed by atoms with Gasteiger partial charge in [-0.3, -0.25) is 4.79 Å². The van der Waals surface area contributed by atoms with E-state index in [0.717, 1.165) is 0 Å². The van der Waals surface area contributed by atoms with E-state index in [1.165, 1.54) is 7.11 Å². The molecule has 66 valence electrons. The number of carbonyl (C=O) groups excluding carboxylic acids is 1. The van der Waals surface area contributed by atoms with Crippen molar-refractivity contribution < 1.29 is 9.53 Å². The van der Waals surface area contributed by atoms with Gasteiger partial charge in [-0.25, -0.2) is 0 Å². The summed E-state index contributed by atoms with van der Waals surface area (Å²) in [6.07, 6.45) is 0. The van der Waals surface area contributed by atoms with Crippen LogP contribution in [0.25, 0.3) is 0 Å². The number of ether oxygens (including phenoxy) is 1. The fourth-order valence-corrected chi connectivity index (χ4v) is 0.708. The Kier molecular flexibility index (Phi) is 4.07. The molecule has 0 saturated heterocycles. The van der Waals surface area contributed by atoms with E-state index >= 15 is 0 Å². The van der Waals surface area contributed by atoms with Crippen molar-refractivity contribution in [2.75, 3.05) is 7.11 Å². The van der Waals surface area contributed by atoms with Gasteiger partial charge >= 0.3 is 5.97 Å². The normalized spacial score (nSPS) is 16.2. The van der Waals surface area contributed by atoms with Crippen LogP contribution in [0.2, 0.25) is 0 Å². The zero-order valence-electron chi connectivity index (χ0n) is 7.20. The van der Waals surface area contributed by atoms with Crippen molar-refractivity contribution >= 4 is 5.97 Å². The van der Waals surface area contributed by atoms with Gasteiger partial charge in [-0.2, -0.15) is 0 Å². The first-order valence-corrected chi connectivity index (χ1v) is 3.59. The van der Waals surface area contributed by atoms with Crippen LogP contribution in [-0.2, 0) is 9.53 Å². The number of nitrogens with two attached hydrogens (primary N) is 2. The fourth-order valence-electron chi connectivity index (χ4n) is 0.708. The van der Waals surface area contributed by atoms with Crippen LogP contribution in [0.3, 0.4) is 0 Å². The maximum atomic E-state index is 10.8. The molecule has 0 heterocycles. The van der Waals surface area contributed by atoms with E-state index in [4.69, 9.17) is 11.5 Å². The molecule has 0 aliphatic rings. The van der Waals surface area contributed by atoms with Crippen LogP contribution in [0.5, 0.6) is 0 Å². The van der Waals surface area contributed by atoms with Crippen molar-refractivity contribution in [1.29, 1.82) is 0 Å². The van der Waals surface area contributed by atoms with Gasteiger partial charge in [0.25, 0.3) is 0 Å². The molecule has 0 aromatic carbocycles. The molecule has 0 amide bonds. The molecule has 2 atom stereocenters. The number of hydrogen-bond acceptors (Lipinski definition) is 4. The number of methoxy groups -OCH3 is 1. The van der Waals surface area contributed by atoms with Gasteiger partial charge in [0.05, 0.1) is 7.11 Å². The minimum absolute atomic E-state index is 0.184. The Balaban J connectivity index is 4.01. The number of hydrogen-bond donors (Lipinski definition) is 2. The van der Waals surface area contributed by atoms with Crippen molar-refractivity contribution in [2.24, 2.45) is 17.4 Å². The van der Waals surface area contributed by atoms with Crippen molar-refractivity contribution in [2.45, 2.75) is 25.9 Å². The van der Waals surface area contributed by atoms with Crippen molar-refractivity contribution in [3.8, 4) is 0 Å². The predicted octanol–water partition coefficient (Wildman–Crippen LogP) is -0.530. The Morgan fingerprint density at radius 3 is 2.09 bits per heavy atom. The van der Waals surface area contributed by atoms with Crippen molar-refractivity contribution in [1.82, 2.24) is 0 Å². The van der Waals surface area contributed by atoms with Crippen LogP contribution in [0.15, 0.2) is 0 Å². The van der Waals surface area contributed by atoms with Gasteiger partial charge in [0.1, 0.15) is 6.04 Å². The second kappa shape index (κ2) is 4.31. The smallest absolute Gasteiger partial charge is 0.324 e. The summed E-state index contributed by atoms with van der Waals surface area (Å²) >= 11 is 0. The van der Waals surface area contributed by atoms with Gasteiger partial charge in [0, 0.05) is 6.04 Å². The fraction of sp³-hybridized carbons (Fsp3) is 0.857. The van der Waals surface area contributed by atoms with Crippen LogP contribution < -0.4 is 11.5 Å². The predicted molar refractivity (Wildman–Crippen MR) is 42.8 cm³/mol. The second-order valence-corrected chi connectivity index (χ2v) is 2.87. The Morgan fingerprint density at radius 1 is 1.36 bits per heavy atom. The number of esters is 1. The highest BCUT2D eigenvalue weighted by atomic mass is 16.5. The topological polar surface area (TPSA) is 78.3 Å². The molecule has 0 fully saturated rings. The second-order valence-electron chi connectivity index (χ2n) is 2.87. The van der Waals surface area contributed by atoms with Gasteiger partial charge in [-0.15, -0.1) is 0 Å². The third-order valence-corrected chi connectivity index (χ3v) is 1.66. The van der Waals surface area contributed by atoms with Crippen molar-refractivity contribution in [3.63, 3.8) is 0 Å². The first-order valence-electron chi connectivity index (χ1n) is 3.59. The minimum Gasteiger partial charge on any atom is -0.468 e. The quantitative estimate of drug-likeness (QED) is 0.544. The summed E-state index contributed by atoms with van der Waals surface area (Å²) < 4.78 is 4.44. The molecule has 0 aliphatic heterocycles. The summed E-state index contributed by atoms with van der Waals surface area (Å²) in [6.45, 7) is 3.82. The largest absolute Gasteiger partial charge is 0.468 e. The van der Waals surface area contributed by atoms with Crippen LogP contribution in [-0.4, -0.2) is 25.2 Å². The van der Waals surface area contributed by atoms with E-state index in [1.807, 2.05) is 13.8 Å². The van der Waals surface area contributed by atoms with Crippen LogP contribution >= 0.6 is 0 Å². The molecule has 4 N–H and O–H groups in total. The Morgan fingerprint density at radius 2 is 1.82 bits per heavy atom. The maximum absolute atomic E-state index is 10.8. The van der Waals surface area contributed by atoms with E-state index in [9.17, 15) is 4.79 Å². The summed E-state index contributed by atoms with van der Waals surface area (Å²) in [4.78, 5) is 10.8. The Bertz CT molecular complexity index is 136. The van der Waals surface area contributed by atoms with Crippen LogP contribution in [0, 0.1) is 5.92 Å². The molecular formula is C7H16N2O2. The average Bonchev–Trinajstić information content (AvgIpc) is 2.00. The van der Waals surface area contributed by atoms with Crippen LogP contribution in [0.4, 0.5) is 0 Å². The first kappa shape index (κ1) is 10.4. The van der Waals surface area contributed by atoms with Gasteiger partial charge in [0.2, 0.25) is 0 Å². The van der Waals surface area contributed by atoms with Gasteiger partial charge in [0.15, 0.2) is 0 Å². The Labute approximate surface area is 66.9 Å². The molecule has 11 heavy (non-hydrogen) atoms. The first-order chi connectivity index (χ1) is 5.00. The lowest BCUT2D eigenvalue weighted by Gasteiger charge is -2.20. The lowest BCUT2D eigenvalue weighted by Crippen LogP contribution is -2.50. The summed E-state index contributed by atoms with van der Waals surface area (Å²) in [5, 5.41) is 0. The van der Waals surface area contributed by atoms with E-state index in [0.29, 0.717) is 0 Å². The van der Waals surface area contributed by atoms with E-state index in [2.05, 4.69) is 4.74 Å². The van der Waals surface area contributed by atoms with Gasteiger partial charge < -0.3 is 16.2 Å².